The molecule has 0 saturated heterocycles. The van der Waals surface area contributed by atoms with Gasteiger partial charge < -0.3 is 5.32 Å². The van der Waals surface area contributed by atoms with Gasteiger partial charge in [0.25, 0.3) is 5.91 Å². The molecule has 0 spiro atoms. The third kappa shape index (κ3) is 2.57. The third-order valence-electron chi connectivity index (χ3n) is 3.02. The number of halogens is 1. The van der Waals surface area contributed by atoms with Crippen LogP contribution in [0, 0.1) is 10.5 Å². The molecule has 0 bridgehead atoms. The van der Waals surface area contributed by atoms with Crippen LogP contribution in [0.5, 0.6) is 0 Å². The van der Waals surface area contributed by atoms with Crippen molar-refractivity contribution in [2.24, 2.45) is 0 Å². The Kier molecular flexibility index (Phi) is 3.75. The van der Waals surface area contributed by atoms with Gasteiger partial charge in [0.15, 0.2) is 4.96 Å². The number of carbonyl (C=O) groups excluding carboxylic acids is 1. The number of nitrogens with zero attached hydrogens (tertiary/aromatic N) is 2. The van der Waals surface area contributed by atoms with Crippen molar-refractivity contribution in [2.75, 3.05) is 0 Å². The smallest absolute Gasteiger partial charge is 0.270 e. The zero-order chi connectivity index (χ0) is 14.1. The lowest BCUT2D eigenvalue weighted by atomic mass is 10.2. The predicted octanol–water partition coefficient (Wildman–Crippen LogP) is 3.24. The fourth-order valence-electron chi connectivity index (χ4n) is 2.04. The molecule has 3 rings (SSSR count). The Morgan fingerprint density at radius 3 is 2.90 bits per heavy atom. The van der Waals surface area contributed by atoms with Crippen LogP contribution in [0.2, 0.25) is 0 Å². The first-order chi connectivity index (χ1) is 9.65. The van der Waals surface area contributed by atoms with Crippen LogP contribution in [0.15, 0.2) is 35.8 Å². The zero-order valence-corrected chi connectivity index (χ0v) is 13.7. The van der Waals surface area contributed by atoms with Gasteiger partial charge in [0.05, 0.1) is 5.69 Å². The summed E-state index contributed by atoms with van der Waals surface area (Å²) in [6.07, 6.45) is 1.87. The van der Waals surface area contributed by atoms with Crippen LogP contribution in [-0.4, -0.2) is 15.3 Å². The van der Waals surface area contributed by atoms with Gasteiger partial charge in [-0.15, -0.1) is 11.3 Å². The van der Waals surface area contributed by atoms with Crippen molar-refractivity contribution in [3.63, 3.8) is 0 Å². The topological polar surface area (TPSA) is 46.4 Å². The van der Waals surface area contributed by atoms with Crippen molar-refractivity contribution in [3.8, 4) is 0 Å². The van der Waals surface area contributed by atoms with Gasteiger partial charge in [-0.25, -0.2) is 4.98 Å². The number of imidazole rings is 1. The molecular formula is C14H12IN3OS. The molecule has 1 N–H and O–H groups in total. The van der Waals surface area contributed by atoms with Crippen LogP contribution in [0.4, 0.5) is 0 Å². The van der Waals surface area contributed by atoms with E-state index in [0.717, 1.165) is 16.2 Å². The highest BCUT2D eigenvalue weighted by Gasteiger charge is 2.16. The molecule has 3 aromatic rings. The van der Waals surface area contributed by atoms with Crippen LogP contribution < -0.4 is 5.32 Å². The summed E-state index contributed by atoms with van der Waals surface area (Å²) in [5, 5.41) is 4.87. The second-order valence-electron chi connectivity index (χ2n) is 4.41. The summed E-state index contributed by atoms with van der Waals surface area (Å²) in [5.74, 6) is -0.0908. The normalized spacial score (nSPS) is 10.9. The minimum Gasteiger partial charge on any atom is -0.347 e. The fraction of sp³-hybridized carbons (Fsp3) is 0.143. The number of fused-ring (bicyclic) bond motifs is 1. The van der Waals surface area contributed by atoms with Crippen molar-refractivity contribution in [1.82, 2.24) is 14.7 Å². The first-order valence-corrected chi connectivity index (χ1v) is 8.06. The van der Waals surface area contributed by atoms with E-state index < -0.39 is 0 Å². The lowest BCUT2D eigenvalue weighted by Gasteiger charge is -2.05. The minimum atomic E-state index is -0.0908. The molecule has 0 aliphatic rings. The molecule has 0 radical (unpaired) electrons. The number of amides is 1. The maximum absolute atomic E-state index is 12.3. The summed E-state index contributed by atoms with van der Waals surface area (Å²) in [5.41, 5.74) is 2.46. The number of benzene rings is 1. The molecule has 1 aromatic carbocycles. The van der Waals surface area contributed by atoms with E-state index in [-0.39, 0.29) is 5.91 Å². The summed E-state index contributed by atoms with van der Waals surface area (Å²) in [4.78, 5) is 17.5. The summed E-state index contributed by atoms with van der Waals surface area (Å²) >= 11 is 3.79. The Hall–Kier alpha value is -1.41. The number of carbonyl (C=O) groups is 1. The minimum absolute atomic E-state index is 0.0908. The van der Waals surface area contributed by atoms with E-state index >= 15 is 0 Å². The van der Waals surface area contributed by atoms with Gasteiger partial charge in [-0.3, -0.25) is 9.20 Å². The first kappa shape index (κ1) is 13.6. The molecule has 2 aromatic heterocycles. The molecule has 20 heavy (non-hydrogen) atoms. The van der Waals surface area contributed by atoms with Crippen LogP contribution in [0.25, 0.3) is 4.96 Å². The molecule has 4 nitrogen and oxygen atoms in total. The second kappa shape index (κ2) is 5.53. The number of thiazole rings is 1. The van der Waals surface area contributed by atoms with Gasteiger partial charge in [-0.1, -0.05) is 12.1 Å². The zero-order valence-electron chi connectivity index (χ0n) is 10.8. The molecule has 102 valence electrons. The van der Waals surface area contributed by atoms with E-state index in [1.807, 2.05) is 47.2 Å². The Balaban J connectivity index is 1.77. The van der Waals surface area contributed by atoms with Crippen LogP contribution in [0.3, 0.4) is 0 Å². The lowest BCUT2D eigenvalue weighted by molar-refractivity contribution is 0.0944. The number of hydrogen-bond donors (Lipinski definition) is 1. The predicted molar refractivity (Wildman–Crippen MR) is 88.1 cm³/mol. The first-order valence-electron chi connectivity index (χ1n) is 6.10. The quantitative estimate of drug-likeness (QED) is 0.690. The van der Waals surface area contributed by atoms with E-state index in [4.69, 9.17) is 0 Å². The van der Waals surface area contributed by atoms with E-state index in [9.17, 15) is 4.79 Å². The Labute approximate surface area is 134 Å². The summed E-state index contributed by atoms with van der Waals surface area (Å²) < 4.78 is 3.02. The molecule has 0 saturated carbocycles. The molecule has 0 aliphatic heterocycles. The second-order valence-corrected chi connectivity index (χ2v) is 6.53. The van der Waals surface area contributed by atoms with Gasteiger partial charge in [0.1, 0.15) is 5.69 Å². The highest BCUT2D eigenvalue weighted by Crippen LogP contribution is 2.16. The molecule has 2 heterocycles. The van der Waals surface area contributed by atoms with Crippen LogP contribution in [-0.2, 0) is 6.54 Å². The maximum atomic E-state index is 12.3. The van der Waals surface area contributed by atoms with E-state index in [1.165, 1.54) is 14.9 Å². The van der Waals surface area contributed by atoms with Gasteiger partial charge >= 0.3 is 0 Å². The largest absolute Gasteiger partial charge is 0.347 e. The van der Waals surface area contributed by atoms with Crippen LogP contribution in [0.1, 0.15) is 21.7 Å². The van der Waals surface area contributed by atoms with E-state index in [0.29, 0.717) is 12.2 Å². The molecule has 0 atom stereocenters. The Bertz CT molecular complexity index is 760. The average Bonchev–Trinajstić information content (AvgIpc) is 2.97. The van der Waals surface area contributed by atoms with Gasteiger partial charge in [0, 0.05) is 21.7 Å². The van der Waals surface area contributed by atoms with Crippen molar-refractivity contribution in [1.29, 1.82) is 0 Å². The molecule has 0 fully saturated rings. The highest BCUT2D eigenvalue weighted by atomic mass is 127. The van der Waals surface area contributed by atoms with Gasteiger partial charge in [0.2, 0.25) is 0 Å². The fourth-order valence-corrected chi connectivity index (χ4v) is 3.16. The third-order valence-corrected chi connectivity index (χ3v) is 4.49. The summed E-state index contributed by atoms with van der Waals surface area (Å²) in [6.45, 7) is 2.38. The van der Waals surface area contributed by atoms with Crippen molar-refractivity contribution < 1.29 is 4.79 Å². The Morgan fingerprint density at radius 1 is 1.40 bits per heavy atom. The molecule has 0 aliphatic carbocycles. The number of nitrogens with one attached hydrogen (secondary N) is 1. The molecular weight excluding hydrogens is 385 g/mol. The van der Waals surface area contributed by atoms with E-state index in [2.05, 4.69) is 32.9 Å². The number of aryl methyl sites for hydroxylation is 1. The SMILES string of the molecule is Cc1nc2sccn2c1C(=O)NCc1ccc(I)cc1. The van der Waals surface area contributed by atoms with Crippen molar-refractivity contribution in [3.05, 3.63) is 56.4 Å². The standard InChI is InChI=1S/C14H12IN3OS/c1-9-12(18-6-7-20-14(18)17-9)13(19)16-8-10-2-4-11(15)5-3-10/h2-7H,8H2,1H3,(H,16,19). The maximum Gasteiger partial charge on any atom is 0.270 e. The van der Waals surface area contributed by atoms with E-state index in [1.54, 1.807) is 0 Å². The Morgan fingerprint density at radius 2 is 2.15 bits per heavy atom. The van der Waals surface area contributed by atoms with Crippen molar-refractivity contribution in [2.45, 2.75) is 13.5 Å². The molecule has 6 heteroatoms. The summed E-state index contributed by atoms with van der Waals surface area (Å²) in [7, 11) is 0. The van der Waals surface area contributed by atoms with Crippen LogP contribution >= 0.6 is 33.9 Å². The van der Waals surface area contributed by atoms with Gasteiger partial charge in [-0.2, -0.15) is 0 Å². The monoisotopic (exact) mass is 397 g/mol. The molecule has 1 amide bonds. The highest BCUT2D eigenvalue weighted by molar-refractivity contribution is 14.1. The van der Waals surface area contributed by atoms with Crippen molar-refractivity contribution >= 4 is 44.8 Å². The average molecular weight is 397 g/mol. The van der Waals surface area contributed by atoms with Gasteiger partial charge in [-0.05, 0) is 47.2 Å². The molecule has 0 unspecified atom stereocenters. The summed E-state index contributed by atoms with van der Waals surface area (Å²) in [6, 6.07) is 8.10. The number of hydrogen-bond acceptors (Lipinski definition) is 3. The lowest BCUT2D eigenvalue weighted by Crippen LogP contribution is -2.24. The number of aromatic nitrogens is 2. The number of rotatable bonds is 3.